The molecule has 2 nitrogen and oxygen atoms in total. The lowest BCUT2D eigenvalue weighted by atomic mass is 9.96. The minimum Gasteiger partial charge on any atom is -0.426 e. The average Bonchev–Trinajstić information content (AvgIpc) is 2.82. The van der Waals surface area contributed by atoms with Crippen LogP contribution >= 0.6 is 0 Å². The number of esters is 1. The highest BCUT2D eigenvalue weighted by Gasteiger charge is 2.23. The summed E-state index contributed by atoms with van der Waals surface area (Å²) in [4.78, 5) is 11.1. The zero-order chi connectivity index (χ0) is 10.3. The summed E-state index contributed by atoms with van der Waals surface area (Å²) in [5.41, 5.74) is 2.39. The van der Waals surface area contributed by atoms with Crippen LogP contribution in [0.15, 0.2) is 18.2 Å². The summed E-state index contributed by atoms with van der Waals surface area (Å²) in [5.74, 6) is 1.37. The first-order valence-electron chi connectivity index (χ1n) is 5.66. The second-order valence-corrected chi connectivity index (χ2v) is 4.50. The molecule has 0 N–H and O–H groups in total. The molecule has 2 aliphatic rings. The standard InChI is InChI=1S/C13H14O2/c14-13-8-11-6-5-10(7-12(11)15-13)9-3-1-2-4-9/h5-7,9H,1-4,8H2. The highest BCUT2D eigenvalue weighted by Crippen LogP contribution is 2.37. The van der Waals surface area contributed by atoms with Crippen molar-refractivity contribution in [1.29, 1.82) is 0 Å². The van der Waals surface area contributed by atoms with Gasteiger partial charge in [-0.3, -0.25) is 4.79 Å². The number of hydrogen-bond donors (Lipinski definition) is 0. The molecule has 0 atom stereocenters. The molecule has 0 radical (unpaired) electrons. The maximum absolute atomic E-state index is 11.1. The Hall–Kier alpha value is -1.31. The number of carbonyl (C=O) groups excluding carboxylic acids is 1. The molecule has 78 valence electrons. The monoisotopic (exact) mass is 202 g/mol. The van der Waals surface area contributed by atoms with Gasteiger partial charge in [0.15, 0.2) is 0 Å². The predicted molar refractivity (Wildman–Crippen MR) is 57.0 cm³/mol. The molecule has 0 saturated heterocycles. The summed E-state index contributed by atoms with van der Waals surface area (Å²) < 4.78 is 5.17. The van der Waals surface area contributed by atoms with Gasteiger partial charge in [-0.2, -0.15) is 0 Å². The molecule has 1 aromatic carbocycles. The zero-order valence-electron chi connectivity index (χ0n) is 8.66. The largest absolute Gasteiger partial charge is 0.426 e. The van der Waals surface area contributed by atoms with Crippen molar-refractivity contribution in [3.05, 3.63) is 29.3 Å². The molecule has 0 amide bonds. The molecule has 0 spiro atoms. The summed E-state index contributed by atoms with van der Waals surface area (Å²) in [7, 11) is 0. The molecule has 3 rings (SSSR count). The molecule has 0 unspecified atom stereocenters. The van der Waals surface area contributed by atoms with Gasteiger partial charge in [-0.15, -0.1) is 0 Å². The van der Waals surface area contributed by atoms with E-state index in [4.69, 9.17) is 4.74 Å². The Morgan fingerprint density at radius 1 is 1.20 bits per heavy atom. The molecule has 0 aromatic heterocycles. The molecule has 15 heavy (non-hydrogen) atoms. The molecule has 1 fully saturated rings. The quantitative estimate of drug-likeness (QED) is 0.517. The Morgan fingerprint density at radius 2 is 2.00 bits per heavy atom. The average molecular weight is 202 g/mol. The van der Waals surface area contributed by atoms with E-state index in [0.29, 0.717) is 12.3 Å². The van der Waals surface area contributed by atoms with Gasteiger partial charge >= 0.3 is 5.97 Å². The lowest BCUT2D eigenvalue weighted by molar-refractivity contribution is -0.131. The van der Waals surface area contributed by atoms with Crippen LogP contribution in [-0.4, -0.2) is 5.97 Å². The SMILES string of the molecule is O=C1Cc2ccc(C3CCCC3)cc2O1. The van der Waals surface area contributed by atoms with Crippen molar-refractivity contribution in [2.75, 3.05) is 0 Å². The number of fused-ring (bicyclic) bond motifs is 1. The Bertz CT molecular complexity index is 403. The van der Waals surface area contributed by atoms with Crippen molar-refractivity contribution in [3.63, 3.8) is 0 Å². The maximum atomic E-state index is 11.1. The van der Waals surface area contributed by atoms with Gasteiger partial charge in [0.05, 0.1) is 6.42 Å². The molecule has 1 heterocycles. The van der Waals surface area contributed by atoms with Crippen LogP contribution < -0.4 is 4.74 Å². The number of rotatable bonds is 1. The summed E-state index contributed by atoms with van der Waals surface area (Å²) in [6.45, 7) is 0. The lowest BCUT2D eigenvalue weighted by Crippen LogP contribution is -2.00. The van der Waals surface area contributed by atoms with Crippen molar-refractivity contribution in [3.8, 4) is 5.75 Å². The first-order chi connectivity index (χ1) is 7.33. The predicted octanol–water partition coefficient (Wildman–Crippen LogP) is 2.81. The van der Waals surface area contributed by atoms with Gasteiger partial charge in [-0.1, -0.05) is 25.0 Å². The van der Waals surface area contributed by atoms with E-state index in [1.54, 1.807) is 0 Å². The van der Waals surface area contributed by atoms with Gasteiger partial charge in [0, 0.05) is 5.56 Å². The van der Waals surface area contributed by atoms with Crippen molar-refractivity contribution in [1.82, 2.24) is 0 Å². The van der Waals surface area contributed by atoms with Crippen LogP contribution in [-0.2, 0) is 11.2 Å². The summed E-state index contributed by atoms with van der Waals surface area (Å²) in [5, 5.41) is 0. The molecule has 1 saturated carbocycles. The minimum absolute atomic E-state index is 0.117. The third kappa shape index (κ3) is 1.54. The number of benzene rings is 1. The highest BCUT2D eigenvalue weighted by molar-refractivity contribution is 5.81. The fourth-order valence-electron chi connectivity index (χ4n) is 2.64. The van der Waals surface area contributed by atoms with Gasteiger partial charge in [0.1, 0.15) is 5.75 Å². The van der Waals surface area contributed by atoms with Crippen molar-refractivity contribution < 1.29 is 9.53 Å². The van der Waals surface area contributed by atoms with Crippen LogP contribution in [0.5, 0.6) is 5.75 Å². The van der Waals surface area contributed by atoms with Crippen LogP contribution in [0.2, 0.25) is 0 Å². The van der Waals surface area contributed by atoms with E-state index in [2.05, 4.69) is 12.1 Å². The van der Waals surface area contributed by atoms with Gasteiger partial charge < -0.3 is 4.74 Å². The molecule has 1 aliphatic carbocycles. The molecular formula is C13H14O2. The summed E-state index contributed by atoms with van der Waals surface area (Å²) in [6, 6.07) is 6.28. The van der Waals surface area contributed by atoms with E-state index in [1.165, 1.54) is 31.2 Å². The number of carbonyl (C=O) groups is 1. The Labute approximate surface area is 89.2 Å². The van der Waals surface area contributed by atoms with Crippen LogP contribution in [0.3, 0.4) is 0 Å². The number of ether oxygens (including phenoxy) is 1. The third-order valence-electron chi connectivity index (χ3n) is 3.48. The Balaban J connectivity index is 1.92. The topological polar surface area (TPSA) is 26.3 Å². The molecular weight excluding hydrogens is 188 g/mol. The Kier molecular flexibility index (Phi) is 2.01. The lowest BCUT2D eigenvalue weighted by Gasteiger charge is -2.10. The minimum atomic E-state index is -0.117. The fraction of sp³-hybridized carbons (Fsp3) is 0.462. The first kappa shape index (κ1) is 8.96. The van der Waals surface area contributed by atoms with Crippen molar-refractivity contribution >= 4 is 5.97 Å². The van der Waals surface area contributed by atoms with Gasteiger partial charge in [-0.25, -0.2) is 0 Å². The highest BCUT2D eigenvalue weighted by atomic mass is 16.5. The zero-order valence-corrected chi connectivity index (χ0v) is 8.66. The van der Waals surface area contributed by atoms with Crippen LogP contribution in [0.1, 0.15) is 42.7 Å². The van der Waals surface area contributed by atoms with Crippen LogP contribution in [0.4, 0.5) is 0 Å². The van der Waals surface area contributed by atoms with E-state index < -0.39 is 0 Å². The van der Waals surface area contributed by atoms with Crippen molar-refractivity contribution in [2.24, 2.45) is 0 Å². The van der Waals surface area contributed by atoms with Crippen LogP contribution in [0.25, 0.3) is 0 Å². The summed E-state index contributed by atoms with van der Waals surface area (Å²) in [6.07, 6.45) is 5.68. The number of hydrogen-bond acceptors (Lipinski definition) is 2. The van der Waals surface area contributed by atoms with Gasteiger partial charge in [-0.05, 0) is 30.4 Å². The molecule has 1 aromatic rings. The van der Waals surface area contributed by atoms with Gasteiger partial charge in [0.2, 0.25) is 0 Å². The normalized spacial score (nSPS) is 20.4. The maximum Gasteiger partial charge on any atom is 0.315 e. The Morgan fingerprint density at radius 3 is 2.80 bits per heavy atom. The summed E-state index contributed by atoms with van der Waals surface area (Å²) >= 11 is 0. The van der Waals surface area contributed by atoms with Crippen molar-refractivity contribution in [2.45, 2.75) is 38.0 Å². The molecule has 2 heteroatoms. The van der Waals surface area contributed by atoms with Gasteiger partial charge in [0.25, 0.3) is 0 Å². The van der Waals surface area contributed by atoms with E-state index >= 15 is 0 Å². The van der Waals surface area contributed by atoms with Crippen LogP contribution in [0, 0.1) is 0 Å². The molecule has 0 bridgehead atoms. The first-order valence-corrected chi connectivity index (χ1v) is 5.66. The smallest absolute Gasteiger partial charge is 0.315 e. The van der Waals surface area contributed by atoms with E-state index in [0.717, 1.165) is 11.3 Å². The second kappa shape index (κ2) is 3.37. The van der Waals surface area contributed by atoms with E-state index in [1.807, 2.05) is 6.07 Å². The second-order valence-electron chi connectivity index (χ2n) is 4.50. The third-order valence-corrected chi connectivity index (χ3v) is 3.48. The fourth-order valence-corrected chi connectivity index (χ4v) is 2.64. The van der Waals surface area contributed by atoms with E-state index in [9.17, 15) is 4.79 Å². The van der Waals surface area contributed by atoms with E-state index in [-0.39, 0.29) is 5.97 Å². The molecule has 1 aliphatic heterocycles.